The Balaban J connectivity index is 2.14. The average Bonchev–Trinajstić information content (AvgIpc) is 2.94. The first-order valence-corrected chi connectivity index (χ1v) is 7.89. The fourth-order valence-corrected chi connectivity index (χ4v) is 2.23. The van der Waals surface area contributed by atoms with Gasteiger partial charge in [0.15, 0.2) is 0 Å². The average molecular weight is 339 g/mol. The summed E-state index contributed by atoms with van der Waals surface area (Å²) in [6.45, 7) is 10.4. The van der Waals surface area contributed by atoms with Gasteiger partial charge in [0.1, 0.15) is 17.3 Å². The van der Waals surface area contributed by atoms with Crippen LogP contribution >= 0.6 is 0 Å². The molecule has 0 aromatic heterocycles. The number of hydrogen-bond acceptors (Lipinski definition) is 5. The summed E-state index contributed by atoms with van der Waals surface area (Å²) in [7, 11) is 0. The van der Waals surface area contributed by atoms with Crippen LogP contribution in [-0.4, -0.2) is 46.6 Å². The van der Waals surface area contributed by atoms with Gasteiger partial charge in [-0.05, 0) is 41.5 Å². The van der Waals surface area contributed by atoms with Gasteiger partial charge < -0.3 is 9.47 Å². The highest BCUT2D eigenvalue weighted by molar-refractivity contribution is 5.98. The molecule has 1 N–H and O–H groups in total. The fraction of sp³-hybridized carbons (Fsp3) is 0.688. The van der Waals surface area contributed by atoms with E-state index in [1.807, 2.05) is 12.2 Å². The second-order valence-electron chi connectivity index (χ2n) is 7.70. The molecule has 2 atom stereocenters. The number of rotatable bonds is 0. The van der Waals surface area contributed by atoms with Crippen LogP contribution in [0.25, 0.3) is 0 Å². The van der Waals surface area contributed by atoms with E-state index in [1.54, 1.807) is 41.5 Å². The van der Waals surface area contributed by atoms with E-state index >= 15 is 0 Å². The van der Waals surface area contributed by atoms with Gasteiger partial charge in [-0.3, -0.25) is 10.2 Å². The Morgan fingerprint density at radius 1 is 1.12 bits per heavy atom. The Labute approximate surface area is 141 Å². The zero-order valence-corrected chi connectivity index (χ0v) is 15.0. The van der Waals surface area contributed by atoms with Crippen molar-refractivity contribution in [2.75, 3.05) is 0 Å². The molecule has 134 valence electrons. The topological polar surface area (TPSA) is 89.5 Å². The Morgan fingerprint density at radius 3 is 2.21 bits per heavy atom. The highest BCUT2D eigenvalue weighted by Crippen LogP contribution is 2.29. The van der Waals surface area contributed by atoms with Crippen molar-refractivity contribution >= 4 is 18.1 Å². The van der Waals surface area contributed by atoms with Crippen molar-refractivity contribution in [3.8, 4) is 0 Å². The molecule has 2 amide bonds. The zero-order valence-electron chi connectivity index (χ0n) is 15.0. The second-order valence-corrected chi connectivity index (χ2v) is 7.70. The zero-order chi connectivity index (χ0) is 18.1. The van der Waals surface area contributed by atoms with Crippen molar-refractivity contribution < 1.29 is 23.9 Å². The monoisotopic (exact) mass is 339 g/mol. The highest BCUT2D eigenvalue weighted by Gasteiger charge is 2.39. The van der Waals surface area contributed by atoms with E-state index < -0.39 is 23.4 Å². The van der Waals surface area contributed by atoms with Crippen LogP contribution in [0.1, 0.15) is 48.0 Å². The number of aliphatic imine (C=N–C) groups is 1. The molecule has 2 bridgehead atoms. The minimum Gasteiger partial charge on any atom is -0.444 e. The van der Waals surface area contributed by atoms with Gasteiger partial charge in [0, 0.05) is 6.42 Å². The number of nitrogens with one attached hydrogen (secondary N) is 1. The maximum absolute atomic E-state index is 12.0. The van der Waals surface area contributed by atoms with E-state index in [9.17, 15) is 9.59 Å². The van der Waals surface area contributed by atoms with E-state index in [0.717, 1.165) is 6.42 Å². The standard InChI is InChI=1S/C16H25N3O5/c1-15(2,3)22-13(20)17-12(18-14(21)23-16(4,5)6)19-10-7-8-11(9-10)24-19/h7-8,10-11H,9H2,1-6H3,(H,17,18,20,21). The summed E-state index contributed by atoms with van der Waals surface area (Å²) in [6.07, 6.45) is 2.99. The Morgan fingerprint density at radius 2 is 1.75 bits per heavy atom. The number of hydrogen-bond donors (Lipinski definition) is 1. The molecule has 0 aromatic rings. The fourth-order valence-electron chi connectivity index (χ4n) is 2.23. The molecule has 8 heteroatoms. The molecule has 1 fully saturated rings. The number of guanidine groups is 1. The van der Waals surface area contributed by atoms with Crippen molar-refractivity contribution in [1.29, 1.82) is 0 Å². The van der Waals surface area contributed by atoms with Crippen LogP contribution in [0.3, 0.4) is 0 Å². The number of hydroxylamine groups is 2. The van der Waals surface area contributed by atoms with Gasteiger partial charge in [-0.15, -0.1) is 4.99 Å². The molecule has 1 aliphatic heterocycles. The lowest BCUT2D eigenvalue weighted by Gasteiger charge is -2.27. The third kappa shape index (κ3) is 5.23. The number of amides is 2. The predicted octanol–water partition coefficient (Wildman–Crippen LogP) is 2.75. The second kappa shape index (κ2) is 6.43. The van der Waals surface area contributed by atoms with Gasteiger partial charge in [0.25, 0.3) is 0 Å². The van der Waals surface area contributed by atoms with Crippen LogP contribution in [-0.2, 0) is 14.3 Å². The molecule has 0 spiro atoms. The predicted molar refractivity (Wildman–Crippen MR) is 87.3 cm³/mol. The quantitative estimate of drug-likeness (QED) is 0.415. The number of ether oxygens (including phenoxy) is 2. The maximum Gasteiger partial charge on any atom is 0.437 e. The van der Waals surface area contributed by atoms with Crippen LogP contribution in [0.5, 0.6) is 0 Å². The number of fused-ring (bicyclic) bond motifs is 2. The molecule has 0 aromatic carbocycles. The molecule has 2 rings (SSSR count). The van der Waals surface area contributed by atoms with Crippen LogP contribution < -0.4 is 5.32 Å². The first-order valence-electron chi connectivity index (χ1n) is 7.89. The molecule has 0 radical (unpaired) electrons. The number of carbonyl (C=O) groups excluding carboxylic acids is 2. The van der Waals surface area contributed by atoms with E-state index in [1.165, 1.54) is 5.06 Å². The summed E-state index contributed by atoms with van der Waals surface area (Å²) in [6, 6.07) is -0.0916. The first kappa shape index (κ1) is 18.3. The van der Waals surface area contributed by atoms with Crippen LogP contribution in [0, 0.1) is 0 Å². The van der Waals surface area contributed by atoms with Crippen LogP contribution in [0.4, 0.5) is 9.59 Å². The lowest BCUT2D eigenvalue weighted by molar-refractivity contribution is -0.0925. The number of carbonyl (C=O) groups is 2. The normalized spacial score (nSPS) is 23.4. The molecule has 2 aliphatic rings. The van der Waals surface area contributed by atoms with Gasteiger partial charge in [-0.25, -0.2) is 14.7 Å². The number of nitrogens with zero attached hydrogens (tertiary/aromatic N) is 2. The first-order chi connectivity index (χ1) is 10.9. The van der Waals surface area contributed by atoms with Crippen molar-refractivity contribution in [2.45, 2.75) is 71.3 Å². The van der Waals surface area contributed by atoms with E-state index in [4.69, 9.17) is 14.3 Å². The van der Waals surface area contributed by atoms with Gasteiger partial charge >= 0.3 is 12.2 Å². The van der Waals surface area contributed by atoms with Crippen molar-refractivity contribution in [3.63, 3.8) is 0 Å². The Hall–Kier alpha value is -2.09. The summed E-state index contributed by atoms with van der Waals surface area (Å²) >= 11 is 0. The van der Waals surface area contributed by atoms with Crippen molar-refractivity contribution in [1.82, 2.24) is 10.4 Å². The largest absolute Gasteiger partial charge is 0.444 e. The summed E-state index contributed by atoms with van der Waals surface area (Å²) < 4.78 is 10.4. The molecule has 1 aliphatic carbocycles. The molecule has 8 nitrogen and oxygen atoms in total. The Bertz CT molecular complexity index is 571. The molecular weight excluding hydrogens is 314 g/mol. The van der Waals surface area contributed by atoms with Crippen molar-refractivity contribution in [3.05, 3.63) is 12.2 Å². The third-order valence-electron chi connectivity index (χ3n) is 2.98. The molecule has 0 saturated carbocycles. The van der Waals surface area contributed by atoms with Gasteiger partial charge in [-0.1, -0.05) is 12.2 Å². The van der Waals surface area contributed by atoms with E-state index in [-0.39, 0.29) is 18.1 Å². The summed E-state index contributed by atoms with van der Waals surface area (Å²) in [5, 5.41) is 3.87. The maximum atomic E-state index is 12.0. The summed E-state index contributed by atoms with van der Waals surface area (Å²) in [4.78, 5) is 33.5. The van der Waals surface area contributed by atoms with Crippen molar-refractivity contribution in [2.24, 2.45) is 4.99 Å². The summed E-state index contributed by atoms with van der Waals surface area (Å²) in [5.41, 5.74) is -1.37. The third-order valence-corrected chi connectivity index (χ3v) is 2.98. The van der Waals surface area contributed by atoms with Crippen LogP contribution in [0.2, 0.25) is 0 Å². The lowest BCUT2D eigenvalue weighted by atomic mass is 10.2. The minimum atomic E-state index is -0.816. The smallest absolute Gasteiger partial charge is 0.437 e. The van der Waals surface area contributed by atoms with Gasteiger partial charge in [0.2, 0.25) is 5.96 Å². The number of alkyl carbamates (subject to hydrolysis) is 1. The Kier molecular flexibility index (Phi) is 4.89. The molecule has 1 saturated heterocycles. The van der Waals surface area contributed by atoms with Gasteiger partial charge in [0.05, 0.1) is 6.04 Å². The van der Waals surface area contributed by atoms with Crippen LogP contribution in [0.15, 0.2) is 17.1 Å². The lowest BCUT2D eigenvalue weighted by Crippen LogP contribution is -2.48. The molecule has 1 heterocycles. The summed E-state index contributed by atoms with van der Waals surface area (Å²) in [5.74, 6) is -0.0460. The van der Waals surface area contributed by atoms with E-state index in [2.05, 4.69) is 10.3 Å². The molecule has 2 unspecified atom stereocenters. The highest BCUT2D eigenvalue weighted by atomic mass is 16.7. The van der Waals surface area contributed by atoms with E-state index in [0.29, 0.717) is 0 Å². The SMILES string of the molecule is CC(C)(C)OC(=O)/N=C(/NC(=O)OC(C)(C)C)N1OC2C=CC1C2. The van der Waals surface area contributed by atoms with Gasteiger partial charge in [-0.2, -0.15) is 0 Å². The minimum absolute atomic E-state index is 0.0460. The molecule has 24 heavy (non-hydrogen) atoms. The molecular formula is C16H25N3O5.